The van der Waals surface area contributed by atoms with Crippen molar-refractivity contribution >= 4 is 0 Å². The van der Waals surface area contributed by atoms with Crippen LogP contribution in [0.1, 0.15) is 42.0 Å². The zero-order chi connectivity index (χ0) is 10.8. The Balaban J connectivity index is 2.62. The van der Waals surface area contributed by atoms with Gasteiger partial charge in [0.15, 0.2) is 0 Å². The minimum atomic E-state index is -0.0620. The third-order valence-electron chi connectivity index (χ3n) is 3.14. The molecule has 0 nitrogen and oxygen atoms in total. The molecule has 2 rings (SSSR count). The van der Waals surface area contributed by atoms with Crippen molar-refractivity contribution in [3.05, 3.63) is 34.1 Å². The summed E-state index contributed by atoms with van der Waals surface area (Å²) in [4.78, 5) is 0. The van der Waals surface area contributed by atoms with E-state index in [1.807, 2.05) is 0 Å². The summed E-state index contributed by atoms with van der Waals surface area (Å²) in [6.07, 6.45) is 4.19. The van der Waals surface area contributed by atoms with E-state index in [2.05, 4.69) is 18.8 Å². The van der Waals surface area contributed by atoms with Gasteiger partial charge in [0.1, 0.15) is 5.82 Å². The van der Waals surface area contributed by atoms with Gasteiger partial charge in [-0.3, -0.25) is 0 Å². The maximum absolute atomic E-state index is 13.8. The second kappa shape index (κ2) is 4.06. The summed E-state index contributed by atoms with van der Waals surface area (Å²) in [5, 5.41) is 0. The first-order valence-corrected chi connectivity index (χ1v) is 5.47. The molecule has 0 atom stereocenters. The first-order chi connectivity index (χ1) is 7.24. The van der Waals surface area contributed by atoms with Crippen molar-refractivity contribution in [2.45, 2.75) is 39.5 Å². The molecule has 0 aliphatic heterocycles. The van der Waals surface area contributed by atoms with Crippen LogP contribution >= 0.6 is 0 Å². The van der Waals surface area contributed by atoms with Crippen LogP contribution in [0.15, 0.2) is 6.07 Å². The molecule has 1 aromatic rings. The van der Waals surface area contributed by atoms with E-state index in [4.69, 9.17) is 0 Å². The summed E-state index contributed by atoms with van der Waals surface area (Å²) in [6, 6.07) is 1.59. The molecule has 0 aromatic heterocycles. The lowest BCUT2D eigenvalue weighted by molar-refractivity contribution is 0.576. The lowest BCUT2D eigenvalue weighted by atomic mass is 9.86. The number of hydrogen-bond donors (Lipinski definition) is 0. The van der Waals surface area contributed by atoms with Crippen LogP contribution in [0.5, 0.6) is 0 Å². The first kappa shape index (κ1) is 10.2. The van der Waals surface area contributed by atoms with Gasteiger partial charge >= 0.3 is 0 Å². The third kappa shape index (κ3) is 1.77. The van der Waals surface area contributed by atoms with Crippen LogP contribution < -0.4 is 0 Å². The largest absolute Gasteiger partial charge is 0.207 e. The molecular formula is C14H15F. The monoisotopic (exact) mass is 202 g/mol. The van der Waals surface area contributed by atoms with Gasteiger partial charge in [-0.25, -0.2) is 4.39 Å². The van der Waals surface area contributed by atoms with E-state index in [1.54, 1.807) is 13.0 Å². The topological polar surface area (TPSA) is 0 Å². The second-order valence-electron chi connectivity index (χ2n) is 4.07. The number of rotatable bonds is 0. The number of benzene rings is 1. The number of halogens is 1. The molecule has 1 aliphatic rings. The average molecular weight is 202 g/mol. The van der Waals surface area contributed by atoms with Crippen molar-refractivity contribution < 1.29 is 4.39 Å². The molecule has 1 aliphatic carbocycles. The van der Waals surface area contributed by atoms with E-state index >= 15 is 0 Å². The molecule has 0 saturated carbocycles. The number of hydrogen-bond acceptors (Lipinski definition) is 0. The standard InChI is InChI=1S/C14H15F/c1-3-6-11-9-14(15)13-8-5-4-7-12(13)10(11)2/h9H,4-5,7-8H2,1-2H3. The Labute approximate surface area is 90.5 Å². The minimum absolute atomic E-state index is 0.0620. The molecule has 0 saturated heterocycles. The van der Waals surface area contributed by atoms with Crippen molar-refractivity contribution in [1.29, 1.82) is 0 Å². The van der Waals surface area contributed by atoms with E-state index in [-0.39, 0.29) is 5.82 Å². The molecule has 0 heterocycles. The second-order valence-corrected chi connectivity index (χ2v) is 4.07. The minimum Gasteiger partial charge on any atom is -0.207 e. The summed E-state index contributed by atoms with van der Waals surface area (Å²) in [6.45, 7) is 3.85. The molecule has 0 amide bonds. The van der Waals surface area contributed by atoms with Gasteiger partial charge in [0, 0.05) is 5.56 Å². The average Bonchev–Trinajstić information content (AvgIpc) is 2.26. The maximum Gasteiger partial charge on any atom is 0.127 e. The van der Waals surface area contributed by atoms with Gasteiger partial charge in [-0.2, -0.15) is 0 Å². The predicted molar refractivity (Wildman–Crippen MR) is 60.3 cm³/mol. The molecule has 0 fully saturated rings. The van der Waals surface area contributed by atoms with Crippen LogP contribution in [0.2, 0.25) is 0 Å². The highest BCUT2D eigenvalue weighted by Gasteiger charge is 2.17. The summed E-state index contributed by atoms with van der Waals surface area (Å²) < 4.78 is 13.8. The summed E-state index contributed by atoms with van der Waals surface area (Å²) in [5.74, 6) is 5.76. The zero-order valence-electron chi connectivity index (χ0n) is 9.28. The van der Waals surface area contributed by atoms with Crippen molar-refractivity contribution in [2.24, 2.45) is 0 Å². The van der Waals surface area contributed by atoms with E-state index in [9.17, 15) is 4.39 Å². The van der Waals surface area contributed by atoms with Crippen LogP contribution in [0.4, 0.5) is 4.39 Å². The van der Waals surface area contributed by atoms with Gasteiger partial charge in [-0.05, 0) is 62.3 Å². The third-order valence-corrected chi connectivity index (χ3v) is 3.14. The Morgan fingerprint density at radius 1 is 1.20 bits per heavy atom. The molecular weight excluding hydrogens is 187 g/mol. The molecule has 15 heavy (non-hydrogen) atoms. The van der Waals surface area contributed by atoms with Crippen LogP contribution in [0, 0.1) is 24.6 Å². The van der Waals surface area contributed by atoms with Crippen LogP contribution in [-0.4, -0.2) is 0 Å². The molecule has 1 heteroatoms. The van der Waals surface area contributed by atoms with Crippen LogP contribution in [0.25, 0.3) is 0 Å². The van der Waals surface area contributed by atoms with Crippen molar-refractivity contribution in [2.75, 3.05) is 0 Å². The van der Waals surface area contributed by atoms with Crippen molar-refractivity contribution in [3.63, 3.8) is 0 Å². The van der Waals surface area contributed by atoms with Crippen molar-refractivity contribution in [3.8, 4) is 11.8 Å². The Hall–Kier alpha value is -1.29. The molecule has 78 valence electrons. The lowest BCUT2D eigenvalue weighted by Gasteiger charge is -2.19. The first-order valence-electron chi connectivity index (χ1n) is 5.47. The highest BCUT2D eigenvalue weighted by Crippen LogP contribution is 2.28. The molecule has 0 spiro atoms. The zero-order valence-corrected chi connectivity index (χ0v) is 9.28. The van der Waals surface area contributed by atoms with Crippen LogP contribution in [0.3, 0.4) is 0 Å². The van der Waals surface area contributed by atoms with Crippen LogP contribution in [-0.2, 0) is 12.8 Å². The quantitative estimate of drug-likeness (QED) is 0.566. The van der Waals surface area contributed by atoms with Gasteiger partial charge in [0.2, 0.25) is 0 Å². The fraction of sp³-hybridized carbons (Fsp3) is 0.429. The van der Waals surface area contributed by atoms with E-state index < -0.39 is 0 Å². The van der Waals surface area contributed by atoms with Crippen molar-refractivity contribution in [1.82, 2.24) is 0 Å². The summed E-state index contributed by atoms with van der Waals surface area (Å²) >= 11 is 0. The molecule has 0 radical (unpaired) electrons. The van der Waals surface area contributed by atoms with E-state index in [1.165, 1.54) is 17.5 Å². The Morgan fingerprint density at radius 2 is 1.87 bits per heavy atom. The SMILES string of the molecule is CC#Cc1cc(F)c2c(c1C)CCCC2. The smallest absolute Gasteiger partial charge is 0.127 e. The van der Waals surface area contributed by atoms with Gasteiger partial charge in [0.05, 0.1) is 0 Å². The Kier molecular flexibility index (Phi) is 2.77. The summed E-state index contributed by atoms with van der Waals surface area (Å²) in [7, 11) is 0. The molecule has 1 aromatic carbocycles. The molecule has 0 bridgehead atoms. The summed E-state index contributed by atoms with van der Waals surface area (Å²) in [5.41, 5.74) is 4.18. The van der Waals surface area contributed by atoms with Gasteiger partial charge in [0.25, 0.3) is 0 Å². The number of fused-ring (bicyclic) bond motifs is 1. The Bertz CT molecular complexity index is 447. The maximum atomic E-state index is 13.8. The van der Waals surface area contributed by atoms with Gasteiger partial charge in [-0.15, -0.1) is 5.92 Å². The normalized spacial score (nSPS) is 14.1. The van der Waals surface area contributed by atoms with E-state index in [0.717, 1.165) is 30.4 Å². The Morgan fingerprint density at radius 3 is 2.53 bits per heavy atom. The van der Waals surface area contributed by atoms with E-state index in [0.29, 0.717) is 0 Å². The highest BCUT2D eigenvalue weighted by atomic mass is 19.1. The lowest BCUT2D eigenvalue weighted by Crippen LogP contribution is -2.09. The molecule has 0 N–H and O–H groups in total. The van der Waals surface area contributed by atoms with Gasteiger partial charge in [-0.1, -0.05) is 5.92 Å². The fourth-order valence-electron chi connectivity index (χ4n) is 2.33. The molecule has 0 unspecified atom stereocenters. The fourth-order valence-corrected chi connectivity index (χ4v) is 2.33. The predicted octanol–water partition coefficient (Wildman–Crippen LogP) is 3.38. The van der Waals surface area contributed by atoms with Gasteiger partial charge < -0.3 is 0 Å². The highest BCUT2D eigenvalue weighted by molar-refractivity contribution is 5.49.